The summed E-state index contributed by atoms with van der Waals surface area (Å²) in [5.74, 6) is 1.30. The Bertz CT molecular complexity index is 797. The number of thioether (sulfide) groups is 1. The molecular weight excluding hydrogens is 416 g/mol. The SMILES string of the molecule is CC[C@H](C(=O)NCC(C)C)N(Cc1ccccc1)C(=O)CSCc1ccc(Cl)cc1. The highest BCUT2D eigenvalue weighted by molar-refractivity contribution is 7.99. The van der Waals surface area contributed by atoms with E-state index in [1.54, 1.807) is 16.7 Å². The second-order valence-corrected chi connectivity index (χ2v) is 9.11. The molecule has 2 aromatic carbocycles. The first-order valence-electron chi connectivity index (χ1n) is 10.3. The van der Waals surface area contributed by atoms with Crippen molar-refractivity contribution < 1.29 is 9.59 Å². The lowest BCUT2D eigenvalue weighted by Gasteiger charge is -2.31. The molecule has 6 heteroatoms. The van der Waals surface area contributed by atoms with Crippen LogP contribution in [-0.4, -0.2) is 35.1 Å². The Kier molecular flexibility index (Phi) is 10.2. The van der Waals surface area contributed by atoms with E-state index in [1.807, 2.05) is 61.5 Å². The predicted molar refractivity (Wildman–Crippen MR) is 127 cm³/mol. The van der Waals surface area contributed by atoms with Gasteiger partial charge in [-0.05, 0) is 35.6 Å². The van der Waals surface area contributed by atoms with Gasteiger partial charge in [-0.1, -0.05) is 74.8 Å². The molecule has 4 nitrogen and oxygen atoms in total. The van der Waals surface area contributed by atoms with Crippen LogP contribution in [0.1, 0.15) is 38.3 Å². The number of benzene rings is 2. The maximum Gasteiger partial charge on any atom is 0.242 e. The van der Waals surface area contributed by atoms with Gasteiger partial charge in [0.1, 0.15) is 6.04 Å². The third-order valence-corrected chi connectivity index (χ3v) is 5.91. The number of nitrogens with one attached hydrogen (secondary N) is 1. The molecule has 2 aromatic rings. The van der Waals surface area contributed by atoms with Gasteiger partial charge in [-0.25, -0.2) is 0 Å². The van der Waals surface area contributed by atoms with Crippen LogP contribution in [0.2, 0.25) is 5.02 Å². The maximum atomic E-state index is 13.1. The summed E-state index contributed by atoms with van der Waals surface area (Å²) in [6.07, 6.45) is 0.574. The van der Waals surface area contributed by atoms with Crippen LogP contribution in [0, 0.1) is 5.92 Å². The first-order valence-corrected chi connectivity index (χ1v) is 11.9. The minimum atomic E-state index is -0.479. The molecule has 0 heterocycles. The Morgan fingerprint density at radius 2 is 1.70 bits per heavy atom. The highest BCUT2D eigenvalue weighted by atomic mass is 35.5. The smallest absolute Gasteiger partial charge is 0.242 e. The van der Waals surface area contributed by atoms with Gasteiger partial charge < -0.3 is 10.2 Å². The van der Waals surface area contributed by atoms with Gasteiger partial charge in [0.05, 0.1) is 5.75 Å². The molecule has 162 valence electrons. The fraction of sp³-hybridized carbons (Fsp3) is 0.417. The lowest BCUT2D eigenvalue weighted by molar-refractivity contribution is -0.139. The van der Waals surface area contributed by atoms with Crippen LogP contribution in [0.5, 0.6) is 0 Å². The average Bonchev–Trinajstić information content (AvgIpc) is 2.74. The Morgan fingerprint density at radius 1 is 1.03 bits per heavy atom. The molecule has 0 unspecified atom stereocenters. The van der Waals surface area contributed by atoms with E-state index in [0.29, 0.717) is 36.2 Å². The van der Waals surface area contributed by atoms with E-state index < -0.39 is 6.04 Å². The monoisotopic (exact) mass is 446 g/mol. The molecule has 0 fully saturated rings. The van der Waals surface area contributed by atoms with Gasteiger partial charge in [0.15, 0.2) is 0 Å². The second kappa shape index (κ2) is 12.7. The minimum absolute atomic E-state index is 0.0237. The number of rotatable bonds is 11. The maximum absolute atomic E-state index is 13.1. The summed E-state index contributed by atoms with van der Waals surface area (Å²) >= 11 is 7.49. The fourth-order valence-corrected chi connectivity index (χ4v) is 4.04. The normalized spacial score (nSPS) is 11.9. The molecule has 1 N–H and O–H groups in total. The minimum Gasteiger partial charge on any atom is -0.354 e. The summed E-state index contributed by atoms with van der Waals surface area (Å²) in [5.41, 5.74) is 2.14. The average molecular weight is 447 g/mol. The molecule has 30 heavy (non-hydrogen) atoms. The zero-order chi connectivity index (χ0) is 21.9. The van der Waals surface area contributed by atoms with Crippen LogP contribution in [0.15, 0.2) is 54.6 Å². The molecule has 0 aromatic heterocycles. The van der Waals surface area contributed by atoms with E-state index in [1.165, 1.54) is 0 Å². The summed E-state index contributed by atoms with van der Waals surface area (Å²) < 4.78 is 0. The highest BCUT2D eigenvalue weighted by Crippen LogP contribution is 2.18. The highest BCUT2D eigenvalue weighted by Gasteiger charge is 2.28. The van der Waals surface area contributed by atoms with Crippen LogP contribution in [0.4, 0.5) is 0 Å². The second-order valence-electron chi connectivity index (χ2n) is 7.69. The summed E-state index contributed by atoms with van der Waals surface area (Å²) in [5, 5.41) is 3.69. The zero-order valence-electron chi connectivity index (χ0n) is 17.9. The first kappa shape index (κ1) is 24.3. The Morgan fingerprint density at radius 3 is 2.30 bits per heavy atom. The number of hydrogen-bond acceptors (Lipinski definition) is 3. The van der Waals surface area contributed by atoms with Gasteiger partial charge in [0.2, 0.25) is 11.8 Å². The van der Waals surface area contributed by atoms with Gasteiger partial charge in [0.25, 0.3) is 0 Å². The van der Waals surface area contributed by atoms with E-state index in [-0.39, 0.29) is 11.8 Å². The van der Waals surface area contributed by atoms with Crippen molar-refractivity contribution in [1.82, 2.24) is 10.2 Å². The molecule has 2 rings (SSSR count). The van der Waals surface area contributed by atoms with Gasteiger partial charge in [0, 0.05) is 23.9 Å². The van der Waals surface area contributed by atoms with E-state index >= 15 is 0 Å². The van der Waals surface area contributed by atoms with Crippen molar-refractivity contribution in [3.05, 3.63) is 70.7 Å². The lowest BCUT2D eigenvalue weighted by Crippen LogP contribution is -2.50. The predicted octanol–water partition coefficient (Wildman–Crippen LogP) is 5.15. The van der Waals surface area contributed by atoms with Crippen molar-refractivity contribution in [3.63, 3.8) is 0 Å². The third-order valence-electron chi connectivity index (χ3n) is 4.67. The van der Waals surface area contributed by atoms with Gasteiger partial charge in [-0.3, -0.25) is 9.59 Å². The summed E-state index contributed by atoms with van der Waals surface area (Å²) in [7, 11) is 0. The van der Waals surface area contributed by atoms with Crippen molar-refractivity contribution in [1.29, 1.82) is 0 Å². The van der Waals surface area contributed by atoms with E-state index in [2.05, 4.69) is 19.2 Å². The van der Waals surface area contributed by atoms with Crippen LogP contribution >= 0.6 is 23.4 Å². The van der Waals surface area contributed by atoms with E-state index in [0.717, 1.165) is 16.9 Å². The molecule has 0 saturated carbocycles. The molecule has 0 aliphatic rings. The van der Waals surface area contributed by atoms with Crippen molar-refractivity contribution in [3.8, 4) is 0 Å². The molecule has 0 saturated heterocycles. The molecule has 0 bridgehead atoms. The van der Waals surface area contributed by atoms with Crippen molar-refractivity contribution in [2.24, 2.45) is 5.92 Å². The van der Waals surface area contributed by atoms with E-state index in [4.69, 9.17) is 11.6 Å². The molecule has 1 atom stereocenters. The molecule has 2 amide bonds. The fourth-order valence-electron chi connectivity index (χ4n) is 3.04. The number of amides is 2. The largest absolute Gasteiger partial charge is 0.354 e. The number of carbonyl (C=O) groups excluding carboxylic acids is 2. The number of hydrogen-bond donors (Lipinski definition) is 1. The standard InChI is InChI=1S/C24H31ClN2O2S/c1-4-22(24(29)26-14-18(2)3)27(15-19-8-6-5-7-9-19)23(28)17-30-16-20-10-12-21(25)13-11-20/h5-13,18,22H,4,14-17H2,1-3H3,(H,26,29)/t22-/m1/s1. The summed E-state index contributed by atoms with van der Waals surface area (Å²) in [4.78, 5) is 27.7. The van der Waals surface area contributed by atoms with E-state index in [9.17, 15) is 9.59 Å². The lowest BCUT2D eigenvalue weighted by atomic mass is 10.1. The Hall–Kier alpha value is -1.98. The van der Waals surface area contributed by atoms with Crippen molar-refractivity contribution in [2.75, 3.05) is 12.3 Å². The number of carbonyl (C=O) groups is 2. The molecule has 0 aliphatic heterocycles. The number of nitrogens with zero attached hydrogens (tertiary/aromatic N) is 1. The van der Waals surface area contributed by atoms with Crippen LogP contribution in [0.25, 0.3) is 0 Å². The first-order chi connectivity index (χ1) is 14.4. The summed E-state index contributed by atoms with van der Waals surface area (Å²) in [6.45, 7) is 7.09. The van der Waals surface area contributed by atoms with Crippen LogP contribution in [0.3, 0.4) is 0 Å². The van der Waals surface area contributed by atoms with Gasteiger partial charge in [-0.15, -0.1) is 11.8 Å². The Balaban J connectivity index is 2.07. The third kappa shape index (κ3) is 8.04. The molecule has 0 radical (unpaired) electrons. The molecule has 0 aliphatic carbocycles. The molecule has 0 spiro atoms. The van der Waals surface area contributed by atoms with Crippen LogP contribution in [-0.2, 0) is 21.9 Å². The van der Waals surface area contributed by atoms with Crippen LogP contribution < -0.4 is 5.32 Å². The van der Waals surface area contributed by atoms with Gasteiger partial charge in [-0.2, -0.15) is 0 Å². The van der Waals surface area contributed by atoms with Crippen molar-refractivity contribution in [2.45, 2.75) is 45.5 Å². The topological polar surface area (TPSA) is 49.4 Å². The summed E-state index contributed by atoms with van der Waals surface area (Å²) in [6, 6.07) is 17.0. The quantitative estimate of drug-likeness (QED) is 0.519. The molecular formula is C24H31ClN2O2S. The zero-order valence-corrected chi connectivity index (χ0v) is 19.5. The van der Waals surface area contributed by atoms with Crippen molar-refractivity contribution >= 4 is 35.2 Å². The Labute approximate surface area is 189 Å². The number of halogens is 1. The van der Waals surface area contributed by atoms with Gasteiger partial charge >= 0.3 is 0 Å².